The van der Waals surface area contributed by atoms with Crippen LogP contribution in [0.4, 0.5) is 8.78 Å². The summed E-state index contributed by atoms with van der Waals surface area (Å²) >= 11 is 5.72. The predicted octanol–water partition coefficient (Wildman–Crippen LogP) is 7.15. The molecule has 0 unspecified atom stereocenters. The van der Waals surface area contributed by atoms with Crippen LogP contribution in [-0.2, 0) is 6.42 Å². The highest BCUT2D eigenvalue weighted by molar-refractivity contribution is 6.30. The normalized spacial score (nSPS) is 11.4. The van der Waals surface area contributed by atoms with Gasteiger partial charge in [-0.3, -0.25) is 0 Å². The molecule has 0 bridgehead atoms. The van der Waals surface area contributed by atoms with Crippen molar-refractivity contribution >= 4 is 33.1 Å². The van der Waals surface area contributed by atoms with Gasteiger partial charge in [-0.05, 0) is 45.8 Å². The van der Waals surface area contributed by atoms with Gasteiger partial charge >= 0.3 is 0 Å². The van der Waals surface area contributed by atoms with Crippen LogP contribution in [0, 0.1) is 11.6 Å². The number of hydrogen-bond acceptors (Lipinski definition) is 0. The van der Waals surface area contributed by atoms with Gasteiger partial charge in [-0.1, -0.05) is 67.1 Å². The van der Waals surface area contributed by atoms with Crippen LogP contribution < -0.4 is 0 Å². The van der Waals surface area contributed by atoms with Crippen LogP contribution in [0.25, 0.3) is 32.7 Å². The lowest BCUT2D eigenvalue weighted by Gasteiger charge is -2.10. The number of rotatable bonds is 2. The Morgan fingerprint density at radius 2 is 1.56 bits per heavy atom. The van der Waals surface area contributed by atoms with E-state index in [9.17, 15) is 4.39 Å². The number of aryl methyl sites for hydroxylation is 1. The van der Waals surface area contributed by atoms with Crippen LogP contribution in [0.15, 0.2) is 60.7 Å². The Kier molecular flexibility index (Phi) is 3.93. The second-order valence-corrected chi connectivity index (χ2v) is 6.53. The van der Waals surface area contributed by atoms with E-state index in [4.69, 9.17) is 11.6 Å². The van der Waals surface area contributed by atoms with Crippen molar-refractivity contribution in [2.45, 2.75) is 13.3 Å². The van der Waals surface area contributed by atoms with Gasteiger partial charge in [0.05, 0.1) is 5.02 Å². The van der Waals surface area contributed by atoms with Crippen molar-refractivity contribution in [1.29, 1.82) is 0 Å². The molecule has 0 heterocycles. The summed E-state index contributed by atoms with van der Waals surface area (Å²) in [6.45, 7) is 2.11. The molecular weight excluding hydrogens is 338 g/mol. The first-order chi connectivity index (χ1) is 12.1. The summed E-state index contributed by atoms with van der Waals surface area (Å²) in [5.41, 5.74) is 2.09. The van der Waals surface area contributed by atoms with Crippen LogP contribution in [0.5, 0.6) is 0 Å². The van der Waals surface area contributed by atoms with Gasteiger partial charge in [0.1, 0.15) is 11.6 Å². The van der Waals surface area contributed by atoms with Crippen molar-refractivity contribution in [2.75, 3.05) is 0 Å². The van der Waals surface area contributed by atoms with E-state index in [-0.39, 0.29) is 10.8 Å². The van der Waals surface area contributed by atoms with Crippen molar-refractivity contribution in [3.8, 4) is 11.1 Å². The Morgan fingerprint density at radius 3 is 2.32 bits per heavy atom. The standard InChI is InChI=1S/C22H15ClF2/c1-2-13-3-6-16-14(11-13)4-7-19-18(16)9-8-17(22(19)25)15-5-10-20(23)21(24)12-15/h3-12H,2H2,1H3. The molecule has 4 rings (SSSR count). The number of hydrogen-bond donors (Lipinski definition) is 0. The summed E-state index contributed by atoms with van der Waals surface area (Å²) in [6.07, 6.45) is 0.962. The van der Waals surface area contributed by atoms with Crippen LogP contribution in [0.3, 0.4) is 0 Å². The fraction of sp³-hybridized carbons (Fsp3) is 0.0909. The Morgan fingerprint density at radius 1 is 0.800 bits per heavy atom. The van der Waals surface area contributed by atoms with Gasteiger partial charge in [-0.15, -0.1) is 0 Å². The Labute approximate surface area is 149 Å². The maximum Gasteiger partial charge on any atom is 0.142 e. The molecule has 0 aliphatic carbocycles. The van der Waals surface area contributed by atoms with Gasteiger partial charge in [0.2, 0.25) is 0 Å². The molecule has 124 valence electrons. The van der Waals surface area contributed by atoms with Gasteiger partial charge in [0.25, 0.3) is 0 Å². The minimum Gasteiger partial charge on any atom is -0.206 e. The Hall–Kier alpha value is -2.45. The van der Waals surface area contributed by atoms with Gasteiger partial charge < -0.3 is 0 Å². The molecule has 0 aliphatic heterocycles. The average molecular weight is 353 g/mol. The van der Waals surface area contributed by atoms with Crippen LogP contribution >= 0.6 is 11.6 Å². The van der Waals surface area contributed by atoms with E-state index in [0.717, 1.165) is 22.6 Å². The maximum absolute atomic E-state index is 15.1. The largest absolute Gasteiger partial charge is 0.206 e. The zero-order valence-electron chi connectivity index (χ0n) is 13.6. The van der Waals surface area contributed by atoms with Gasteiger partial charge in [0, 0.05) is 10.9 Å². The fourth-order valence-electron chi connectivity index (χ4n) is 3.27. The summed E-state index contributed by atoms with van der Waals surface area (Å²) < 4.78 is 28.8. The average Bonchev–Trinajstić information content (AvgIpc) is 2.63. The second kappa shape index (κ2) is 6.12. The summed E-state index contributed by atoms with van der Waals surface area (Å²) in [6, 6.07) is 17.9. The molecule has 0 saturated carbocycles. The topological polar surface area (TPSA) is 0 Å². The van der Waals surface area contributed by atoms with Crippen molar-refractivity contribution in [3.05, 3.63) is 82.9 Å². The lowest BCUT2D eigenvalue weighted by Crippen LogP contribution is -1.90. The lowest BCUT2D eigenvalue weighted by molar-refractivity contribution is 0.627. The van der Waals surface area contributed by atoms with Gasteiger partial charge in [-0.2, -0.15) is 0 Å². The van der Waals surface area contributed by atoms with Crippen LogP contribution in [-0.4, -0.2) is 0 Å². The maximum atomic E-state index is 15.1. The molecule has 0 atom stereocenters. The Balaban J connectivity index is 1.96. The monoisotopic (exact) mass is 352 g/mol. The molecule has 0 aliphatic rings. The molecule has 0 saturated heterocycles. The minimum absolute atomic E-state index is 0.0302. The molecule has 3 heteroatoms. The summed E-state index contributed by atoms with van der Waals surface area (Å²) in [4.78, 5) is 0. The van der Waals surface area contributed by atoms with Crippen LogP contribution in [0.2, 0.25) is 5.02 Å². The molecule has 4 aromatic carbocycles. The Bertz CT molecular complexity index is 1120. The first kappa shape index (κ1) is 16.0. The highest BCUT2D eigenvalue weighted by atomic mass is 35.5. The minimum atomic E-state index is -0.552. The summed E-state index contributed by atoms with van der Waals surface area (Å²) in [7, 11) is 0. The third kappa shape index (κ3) is 2.67. The third-order valence-corrected chi connectivity index (χ3v) is 4.96. The first-order valence-corrected chi connectivity index (χ1v) is 8.55. The van der Waals surface area contributed by atoms with Crippen molar-refractivity contribution in [3.63, 3.8) is 0 Å². The van der Waals surface area contributed by atoms with Gasteiger partial charge in [0.15, 0.2) is 0 Å². The molecule has 0 fully saturated rings. The molecule has 0 amide bonds. The second-order valence-electron chi connectivity index (χ2n) is 6.13. The molecule has 0 spiro atoms. The molecule has 25 heavy (non-hydrogen) atoms. The van der Waals surface area contributed by atoms with Crippen molar-refractivity contribution < 1.29 is 8.78 Å². The fourth-order valence-corrected chi connectivity index (χ4v) is 3.38. The molecule has 0 aromatic heterocycles. The van der Waals surface area contributed by atoms with E-state index in [2.05, 4.69) is 19.1 Å². The lowest BCUT2D eigenvalue weighted by atomic mass is 9.95. The van der Waals surface area contributed by atoms with E-state index in [0.29, 0.717) is 16.5 Å². The smallest absolute Gasteiger partial charge is 0.142 e. The zero-order valence-corrected chi connectivity index (χ0v) is 14.4. The number of fused-ring (bicyclic) bond motifs is 3. The third-order valence-electron chi connectivity index (χ3n) is 4.65. The van der Waals surface area contributed by atoms with E-state index < -0.39 is 5.82 Å². The highest BCUT2D eigenvalue weighted by Gasteiger charge is 2.13. The number of halogens is 3. The molecule has 0 radical (unpaired) electrons. The highest BCUT2D eigenvalue weighted by Crippen LogP contribution is 2.34. The summed E-state index contributed by atoms with van der Waals surface area (Å²) in [5.74, 6) is -0.898. The van der Waals surface area contributed by atoms with Crippen molar-refractivity contribution in [1.82, 2.24) is 0 Å². The van der Waals surface area contributed by atoms with Gasteiger partial charge in [-0.25, -0.2) is 8.78 Å². The SMILES string of the molecule is CCc1ccc2c(ccc3c(F)c(-c4ccc(Cl)c(F)c4)ccc32)c1. The molecular formula is C22H15ClF2. The number of benzene rings is 4. The van der Waals surface area contributed by atoms with E-state index in [1.54, 1.807) is 18.2 Å². The first-order valence-electron chi connectivity index (χ1n) is 8.18. The summed E-state index contributed by atoms with van der Waals surface area (Å²) in [5, 5.41) is 3.53. The van der Waals surface area contributed by atoms with E-state index in [1.807, 2.05) is 18.2 Å². The molecule has 0 nitrogen and oxygen atoms in total. The van der Waals surface area contributed by atoms with E-state index >= 15 is 4.39 Å². The van der Waals surface area contributed by atoms with Crippen molar-refractivity contribution in [2.24, 2.45) is 0 Å². The predicted molar refractivity (Wildman–Crippen MR) is 101 cm³/mol. The van der Waals surface area contributed by atoms with Crippen LogP contribution in [0.1, 0.15) is 12.5 Å². The zero-order chi connectivity index (χ0) is 17.6. The quantitative estimate of drug-likeness (QED) is 0.336. The molecule has 4 aromatic rings. The molecule has 0 N–H and O–H groups in total. The van der Waals surface area contributed by atoms with E-state index in [1.165, 1.54) is 17.7 Å².